The van der Waals surface area contributed by atoms with Crippen molar-refractivity contribution in [2.45, 2.75) is 26.3 Å². The fourth-order valence-electron chi connectivity index (χ4n) is 4.08. The average molecular weight is 521 g/mol. The van der Waals surface area contributed by atoms with E-state index < -0.39 is 29.5 Å². The van der Waals surface area contributed by atoms with Crippen molar-refractivity contribution in [3.63, 3.8) is 0 Å². The number of aliphatic hydroxyl groups excluding tert-OH is 1. The van der Waals surface area contributed by atoms with Gasteiger partial charge < -0.3 is 14.6 Å². The lowest BCUT2D eigenvalue weighted by Crippen LogP contribution is -2.29. The Kier molecular flexibility index (Phi) is 7.89. The molecule has 0 bridgehead atoms. The number of rotatable bonds is 8. The summed E-state index contributed by atoms with van der Waals surface area (Å²) in [5.41, 5.74) is 1.20. The summed E-state index contributed by atoms with van der Waals surface area (Å²) in [5, 5.41) is 11.5. The van der Waals surface area contributed by atoms with E-state index in [0.717, 1.165) is 0 Å². The van der Waals surface area contributed by atoms with Gasteiger partial charge in [-0.05, 0) is 67.4 Å². The maximum absolute atomic E-state index is 13.3. The lowest BCUT2D eigenvalue weighted by atomic mass is 9.96. The van der Waals surface area contributed by atoms with Crippen molar-refractivity contribution in [3.05, 3.63) is 94.3 Å². The quantitative estimate of drug-likeness (QED) is 0.185. The molecule has 190 valence electrons. The lowest BCUT2D eigenvalue weighted by Gasteiger charge is -2.25. The highest BCUT2D eigenvalue weighted by molar-refractivity contribution is 6.52. The Hall–Kier alpha value is -4.17. The Morgan fingerprint density at radius 3 is 2.51 bits per heavy atom. The molecule has 0 saturated carbocycles. The second-order valence-electron chi connectivity index (χ2n) is 8.21. The molecule has 9 heteroatoms. The van der Waals surface area contributed by atoms with Crippen LogP contribution in [0.2, 0.25) is 5.02 Å². The number of Topliss-reactive ketones (excluding diaryl/α,β-unsaturated/α-hetero) is 1. The number of amides is 1. The second kappa shape index (κ2) is 11.3. The summed E-state index contributed by atoms with van der Waals surface area (Å²) in [6.45, 7) is 4.40. The molecule has 1 amide bonds. The first kappa shape index (κ1) is 25.9. The summed E-state index contributed by atoms with van der Waals surface area (Å²) in [6.07, 6.45) is 3.78. The van der Waals surface area contributed by atoms with Crippen LogP contribution in [0.4, 0.5) is 5.69 Å². The number of halogens is 1. The number of ether oxygens (including phenoxy) is 2. The maximum Gasteiger partial charge on any atom is 0.338 e. The third-order valence-electron chi connectivity index (χ3n) is 5.77. The van der Waals surface area contributed by atoms with E-state index in [4.69, 9.17) is 21.1 Å². The first-order valence-corrected chi connectivity index (χ1v) is 12.2. The number of aliphatic hydroxyl groups is 1. The van der Waals surface area contributed by atoms with Gasteiger partial charge in [0.1, 0.15) is 11.5 Å². The summed E-state index contributed by atoms with van der Waals surface area (Å²) in [7, 11) is 0. The molecule has 2 aromatic carbocycles. The van der Waals surface area contributed by atoms with Crippen LogP contribution in [-0.2, 0) is 14.3 Å². The van der Waals surface area contributed by atoms with Crippen LogP contribution in [-0.4, -0.2) is 41.0 Å². The number of hydrogen-bond donors (Lipinski definition) is 1. The van der Waals surface area contributed by atoms with Crippen molar-refractivity contribution in [2.75, 3.05) is 18.1 Å². The zero-order valence-electron chi connectivity index (χ0n) is 20.3. The molecule has 1 unspecified atom stereocenters. The van der Waals surface area contributed by atoms with Gasteiger partial charge in [-0.2, -0.15) is 0 Å². The number of carbonyl (C=O) groups is 3. The number of esters is 1. The molecule has 37 heavy (non-hydrogen) atoms. The molecular weight excluding hydrogens is 496 g/mol. The molecule has 0 aliphatic carbocycles. The predicted molar refractivity (Wildman–Crippen MR) is 139 cm³/mol. The Balaban J connectivity index is 1.83. The van der Waals surface area contributed by atoms with Crippen molar-refractivity contribution in [1.29, 1.82) is 0 Å². The van der Waals surface area contributed by atoms with Crippen molar-refractivity contribution < 1.29 is 29.0 Å². The van der Waals surface area contributed by atoms with E-state index in [1.165, 1.54) is 29.3 Å². The number of carbonyl (C=O) groups excluding carboxylic acids is 3. The minimum Gasteiger partial charge on any atom is -0.507 e. The maximum atomic E-state index is 13.3. The van der Waals surface area contributed by atoms with Gasteiger partial charge in [0.15, 0.2) is 0 Å². The van der Waals surface area contributed by atoms with Crippen LogP contribution in [0, 0.1) is 0 Å². The van der Waals surface area contributed by atoms with E-state index in [1.54, 1.807) is 42.6 Å². The SMILES string of the molecule is CCCOC(=O)c1ccc(N2C(=O)C(=O)/C(=C(/O)c3cc(OCC)ccc3Cl)C2c2cccnc2)cc1. The van der Waals surface area contributed by atoms with Crippen molar-refractivity contribution in [1.82, 2.24) is 4.98 Å². The zero-order valence-corrected chi connectivity index (χ0v) is 21.1. The van der Waals surface area contributed by atoms with E-state index in [2.05, 4.69) is 4.98 Å². The van der Waals surface area contributed by atoms with Gasteiger partial charge in [-0.3, -0.25) is 19.5 Å². The van der Waals surface area contributed by atoms with Gasteiger partial charge in [-0.15, -0.1) is 0 Å². The highest BCUT2D eigenvalue weighted by Gasteiger charge is 2.47. The first-order chi connectivity index (χ1) is 17.9. The molecule has 1 aliphatic heterocycles. The van der Waals surface area contributed by atoms with Crippen LogP contribution in [0.1, 0.15) is 47.8 Å². The van der Waals surface area contributed by atoms with E-state index >= 15 is 0 Å². The number of nitrogens with zero attached hydrogens (tertiary/aromatic N) is 2. The van der Waals surface area contributed by atoms with Gasteiger partial charge in [0.05, 0.1) is 35.4 Å². The van der Waals surface area contributed by atoms with Gasteiger partial charge in [0, 0.05) is 23.6 Å². The molecule has 1 fully saturated rings. The van der Waals surface area contributed by atoms with E-state index in [1.807, 2.05) is 13.8 Å². The number of hydrogen-bond acceptors (Lipinski definition) is 7. The minimum atomic E-state index is -0.988. The predicted octanol–water partition coefficient (Wildman–Crippen LogP) is 5.33. The average Bonchev–Trinajstić information content (AvgIpc) is 3.18. The van der Waals surface area contributed by atoms with Crippen LogP contribution in [0.15, 0.2) is 72.6 Å². The van der Waals surface area contributed by atoms with E-state index in [-0.39, 0.29) is 16.2 Å². The summed E-state index contributed by atoms with van der Waals surface area (Å²) in [4.78, 5) is 44.3. The van der Waals surface area contributed by atoms with Crippen LogP contribution in [0.25, 0.3) is 5.76 Å². The molecular formula is C28H25ClN2O6. The van der Waals surface area contributed by atoms with Gasteiger partial charge in [-0.25, -0.2) is 4.79 Å². The summed E-state index contributed by atoms with van der Waals surface area (Å²) in [5.74, 6) is -2.18. The molecule has 0 spiro atoms. The highest BCUT2D eigenvalue weighted by Crippen LogP contribution is 2.43. The molecule has 1 atom stereocenters. The smallest absolute Gasteiger partial charge is 0.338 e. The summed E-state index contributed by atoms with van der Waals surface area (Å²) < 4.78 is 10.7. The summed E-state index contributed by atoms with van der Waals surface area (Å²) >= 11 is 6.37. The number of anilines is 1. The van der Waals surface area contributed by atoms with E-state index in [0.29, 0.717) is 42.2 Å². The molecule has 4 rings (SSSR count). The molecule has 3 aromatic rings. The number of benzene rings is 2. The zero-order chi connectivity index (χ0) is 26.5. The summed E-state index contributed by atoms with van der Waals surface area (Å²) in [6, 6.07) is 13.3. The van der Waals surface area contributed by atoms with Crippen LogP contribution >= 0.6 is 11.6 Å². The number of aromatic nitrogens is 1. The minimum absolute atomic E-state index is 0.139. The van der Waals surface area contributed by atoms with Gasteiger partial charge in [-0.1, -0.05) is 24.6 Å². The molecule has 1 N–H and O–H groups in total. The molecule has 1 saturated heterocycles. The van der Waals surface area contributed by atoms with Crippen LogP contribution in [0.5, 0.6) is 5.75 Å². The topological polar surface area (TPSA) is 106 Å². The van der Waals surface area contributed by atoms with Crippen molar-refractivity contribution >= 4 is 40.7 Å². The van der Waals surface area contributed by atoms with Crippen LogP contribution in [0.3, 0.4) is 0 Å². The molecule has 1 aliphatic rings. The Bertz CT molecular complexity index is 1350. The van der Waals surface area contributed by atoms with Crippen LogP contribution < -0.4 is 9.64 Å². The monoisotopic (exact) mass is 520 g/mol. The number of ketones is 1. The third kappa shape index (κ3) is 5.20. The third-order valence-corrected chi connectivity index (χ3v) is 6.10. The van der Waals surface area contributed by atoms with Crippen molar-refractivity contribution in [3.8, 4) is 5.75 Å². The Morgan fingerprint density at radius 1 is 1.11 bits per heavy atom. The van der Waals surface area contributed by atoms with Gasteiger partial charge >= 0.3 is 5.97 Å². The normalized spacial score (nSPS) is 16.6. The highest BCUT2D eigenvalue weighted by atomic mass is 35.5. The van der Waals surface area contributed by atoms with Gasteiger partial charge in [0.25, 0.3) is 11.7 Å². The van der Waals surface area contributed by atoms with E-state index in [9.17, 15) is 19.5 Å². The fraction of sp³-hybridized carbons (Fsp3) is 0.214. The Labute approximate surface area is 219 Å². The van der Waals surface area contributed by atoms with Crippen molar-refractivity contribution in [2.24, 2.45) is 0 Å². The standard InChI is InChI=1S/C28H25ClN2O6/c1-3-14-37-28(35)17-7-9-19(10-8-17)31-24(18-6-5-13-30-16-18)23(26(33)27(31)34)25(32)21-15-20(36-4-2)11-12-22(21)29/h5-13,15-16,24,32H,3-4,14H2,1-2H3/b25-23+. The largest absolute Gasteiger partial charge is 0.507 e. The molecule has 8 nitrogen and oxygen atoms in total. The molecule has 1 aromatic heterocycles. The first-order valence-electron chi connectivity index (χ1n) is 11.8. The molecule has 2 heterocycles. The number of pyridine rings is 1. The fourth-order valence-corrected chi connectivity index (χ4v) is 4.28. The van der Waals surface area contributed by atoms with Gasteiger partial charge in [0.2, 0.25) is 0 Å². The Morgan fingerprint density at radius 2 is 1.86 bits per heavy atom. The molecule has 0 radical (unpaired) electrons. The second-order valence-corrected chi connectivity index (χ2v) is 8.62. The lowest BCUT2D eigenvalue weighted by molar-refractivity contribution is -0.132.